The van der Waals surface area contributed by atoms with Gasteiger partial charge in [0.1, 0.15) is 0 Å². The molecule has 6 nitrogen and oxygen atoms in total. The molecule has 0 aromatic heterocycles. The molecule has 6 heteroatoms. The van der Waals surface area contributed by atoms with Gasteiger partial charge in [0.05, 0.1) is 25.4 Å². The maximum Gasteiger partial charge on any atom is 0.305 e. The van der Waals surface area contributed by atoms with E-state index in [0.717, 1.165) is 51.4 Å². The Hall–Kier alpha value is -1.92. The smallest absolute Gasteiger partial charge is 0.305 e. The molecule has 0 radical (unpaired) electrons. The second-order valence-corrected chi connectivity index (χ2v) is 23.2. The number of rotatable bonds is 63. The first-order valence-corrected chi connectivity index (χ1v) is 33.8. The number of carbonyl (C=O) groups is 2. The Morgan fingerprint density at radius 1 is 0.373 bits per heavy atom. The predicted molar refractivity (Wildman–Crippen MR) is 329 cm³/mol. The summed E-state index contributed by atoms with van der Waals surface area (Å²) in [6.07, 6.45) is 82.1. The summed E-state index contributed by atoms with van der Waals surface area (Å²) in [5.41, 5.74) is 0. The van der Waals surface area contributed by atoms with Gasteiger partial charge < -0.3 is 20.3 Å². The lowest BCUT2D eigenvalue weighted by molar-refractivity contribution is -0.143. The van der Waals surface area contributed by atoms with Crippen LogP contribution in [0.15, 0.2) is 36.5 Å². The zero-order chi connectivity index (χ0) is 54.3. The number of hydrogen-bond donors (Lipinski definition) is 3. The van der Waals surface area contributed by atoms with Gasteiger partial charge in [0, 0.05) is 12.8 Å². The summed E-state index contributed by atoms with van der Waals surface area (Å²) in [5.74, 6) is -0.0530. The maximum absolute atomic E-state index is 12.5. The highest BCUT2D eigenvalue weighted by molar-refractivity contribution is 5.76. The molecule has 0 saturated carbocycles. The van der Waals surface area contributed by atoms with E-state index in [9.17, 15) is 19.8 Å². The van der Waals surface area contributed by atoms with Crippen molar-refractivity contribution in [3.05, 3.63) is 36.5 Å². The van der Waals surface area contributed by atoms with E-state index in [1.54, 1.807) is 6.08 Å². The summed E-state index contributed by atoms with van der Waals surface area (Å²) < 4.78 is 5.50. The molecule has 0 spiro atoms. The fraction of sp³-hybridized carbons (Fsp3) is 0.884. The number of esters is 1. The quantitative estimate of drug-likeness (QED) is 0.0320. The number of amides is 1. The second-order valence-electron chi connectivity index (χ2n) is 23.2. The number of ether oxygens (including phenoxy) is 1. The zero-order valence-electron chi connectivity index (χ0n) is 50.5. The minimum absolute atomic E-state index is 0.0108. The van der Waals surface area contributed by atoms with Gasteiger partial charge in [-0.05, 0) is 64.2 Å². The molecular formula is C69H131NO5. The molecule has 2 unspecified atom stereocenters. The lowest BCUT2D eigenvalue weighted by atomic mass is 10.0. The van der Waals surface area contributed by atoms with Crippen LogP contribution in [0.3, 0.4) is 0 Å². The molecule has 0 aliphatic rings. The Balaban J connectivity index is 3.34. The molecule has 0 bridgehead atoms. The molecule has 2 atom stereocenters. The van der Waals surface area contributed by atoms with E-state index in [2.05, 4.69) is 43.5 Å². The Morgan fingerprint density at radius 2 is 0.667 bits per heavy atom. The summed E-state index contributed by atoms with van der Waals surface area (Å²) in [4.78, 5) is 24.5. The lowest BCUT2D eigenvalue weighted by Gasteiger charge is -2.20. The lowest BCUT2D eigenvalue weighted by Crippen LogP contribution is -2.45. The minimum atomic E-state index is -0.841. The van der Waals surface area contributed by atoms with E-state index in [1.165, 1.54) is 289 Å². The van der Waals surface area contributed by atoms with Gasteiger partial charge in [-0.1, -0.05) is 326 Å². The van der Waals surface area contributed by atoms with Crippen molar-refractivity contribution in [2.24, 2.45) is 0 Å². The van der Waals surface area contributed by atoms with E-state index >= 15 is 0 Å². The average molecular weight is 1050 g/mol. The standard InChI is InChI=1S/C69H131NO5/c1-3-5-7-9-11-13-15-17-18-31-35-39-43-47-51-55-59-63-69(74)75-64-60-56-52-48-44-40-36-33-30-28-26-24-22-20-19-21-23-25-27-29-32-34-38-42-46-50-54-58-62-68(73)70-66(65-71)67(72)61-57-53-49-45-41-37-16-14-12-10-8-6-4-2/h11,13,17-18,57,61,66-67,71-72H,3-10,12,14-16,19-56,58-60,62-65H2,1-2H3,(H,70,73)/b13-11-,18-17-,61-57+. The molecule has 0 aliphatic heterocycles. The van der Waals surface area contributed by atoms with Gasteiger partial charge in [-0.2, -0.15) is 0 Å². The van der Waals surface area contributed by atoms with Gasteiger partial charge >= 0.3 is 5.97 Å². The molecule has 1 amide bonds. The van der Waals surface area contributed by atoms with Crippen LogP contribution < -0.4 is 5.32 Å². The highest BCUT2D eigenvalue weighted by Crippen LogP contribution is 2.18. The van der Waals surface area contributed by atoms with Crippen LogP contribution in [0.4, 0.5) is 0 Å². The average Bonchev–Trinajstić information content (AvgIpc) is 3.41. The van der Waals surface area contributed by atoms with Crippen LogP contribution in [0.2, 0.25) is 0 Å². The van der Waals surface area contributed by atoms with Crippen LogP contribution in [0.1, 0.15) is 367 Å². The molecule has 0 aromatic carbocycles. The normalized spacial score (nSPS) is 12.7. The van der Waals surface area contributed by atoms with E-state index in [1.807, 2.05) is 6.08 Å². The van der Waals surface area contributed by atoms with Crippen LogP contribution in [-0.4, -0.2) is 47.4 Å². The fourth-order valence-electron chi connectivity index (χ4n) is 10.5. The van der Waals surface area contributed by atoms with Crippen LogP contribution in [-0.2, 0) is 14.3 Å². The molecule has 0 fully saturated rings. The van der Waals surface area contributed by atoms with Crippen molar-refractivity contribution in [1.82, 2.24) is 5.32 Å². The SMILES string of the molecule is CCCCC/C=C\C/C=C\CCCCCCCCCC(=O)OCCCCCCCCCCCCCCCCCCCCCCCCCCCCCCC(=O)NC(CO)C(O)/C=C/CCCCCCCCCCCCC. The number of hydrogen-bond acceptors (Lipinski definition) is 5. The Kier molecular flexibility index (Phi) is 63.0. The van der Waals surface area contributed by atoms with Gasteiger partial charge in [0.2, 0.25) is 5.91 Å². The molecule has 0 saturated heterocycles. The third-order valence-electron chi connectivity index (χ3n) is 15.7. The second kappa shape index (κ2) is 64.6. The van der Waals surface area contributed by atoms with Crippen molar-refractivity contribution in [3.63, 3.8) is 0 Å². The Morgan fingerprint density at radius 3 is 1.04 bits per heavy atom. The zero-order valence-corrected chi connectivity index (χ0v) is 50.5. The molecule has 3 N–H and O–H groups in total. The minimum Gasteiger partial charge on any atom is -0.466 e. The predicted octanol–water partition coefficient (Wildman–Crippen LogP) is 21.5. The molecule has 0 aromatic rings. The van der Waals surface area contributed by atoms with Gasteiger partial charge in [-0.25, -0.2) is 0 Å². The Labute approximate surface area is 468 Å². The number of aliphatic hydroxyl groups is 2. The highest BCUT2D eigenvalue weighted by Gasteiger charge is 2.18. The summed E-state index contributed by atoms with van der Waals surface area (Å²) in [5, 5.41) is 23.1. The summed E-state index contributed by atoms with van der Waals surface area (Å²) in [6, 6.07) is -0.625. The number of carbonyl (C=O) groups excluding carboxylic acids is 2. The Bertz CT molecular complexity index is 1210. The molecular weight excluding hydrogens is 923 g/mol. The monoisotopic (exact) mass is 1050 g/mol. The molecule has 0 aliphatic carbocycles. The van der Waals surface area contributed by atoms with E-state index < -0.39 is 12.1 Å². The number of unbranched alkanes of at least 4 members (excludes halogenated alkanes) is 48. The van der Waals surface area contributed by atoms with Crippen molar-refractivity contribution in [2.75, 3.05) is 13.2 Å². The molecule has 75 heavy (non-hydrogen) atoms. The van der Waals surface area contributed by atoms with Gasteiger partial charge in [-0.3, -0.25) is 9.59 Å². The van der Waals surface area contributed by atoms with Gasteiger partial charge in [0.25, 0.3) is 0 Å². The van der Waals surface area contributed by atoms with Crippen LogP contribution in [0.25, 0.3) is 0 Å². The molecule has 0 heterocycles. The first-order valence-electron chi connectivity index (χ1n) is 33.8. The van der Waals surface area contributed by atoms with Crippen LogP contribution in [0, 0.1) is 0 Å². The third-order valence-corrected chi connectivity index (χ3v) is 15.7. The van der Waals surface area contributed by atoms with Crippen LogP contribution >= 0.6 is 0 Å². The van der Waals surface area contributed by atoms with E-state index in [4.69, 9.17) is 4.74 Å². The summed E-state index contributed by atoms with van der Waals surface area (Å²) in [7, 11) is 0. The summed E-state index contributed by atoms with van der Waals surface area (Å²) in [6.45, 7) is 4.89. The number of aliphatic hydroxyl groups excluding tert-OH is 2. The van der Waals surface area contributed by atoms with E-state index in [-0.39, 0.29) is 18.5 Å². The third kappa shape index (κ3) is 61.2. The van der Waals surface area contributed by atoms with Crippen molar-refractivity contribution in [1.29, 1.82) is 0 Å². The van der Waals surface area contributed by atoms with Crippen molar-refractivity contribution < 1.29 is 24.5 Å². The van der Waals surface area contributed by atoms with Gasteiger partial charge in [0.15, 0.2) is 0 Å². The first-order chi connectivity index (χ1) is 37.0. The van der Waals surface area contributed by atoms with Crippen molar-refractivity contribution in [3.8, 4) is 0 Å². The summed E-state index contributed by atoms with van der Waals surface area (Å²) >= 11 is 0. The largest absolute Gasteiger partial charge is 0.466 e. The number of allylic oxidation sites excluding steroid dienone is 5. The number of nitrogens with one attached hydrogen (secondary N) is 1. The molecule has 0 rings (SSSR count). The highest BCUT2D eigenvalue weighted by atomic mass is 16.5. The molecule has 442 valence electrons. The fourth-order valence-corrected chi connectivity index (χ4v) is 10.5. The van der Waals surface area contributed by atoms with Crippen LogP contribution in [0.5, 0.6) is 0 Å². The van der Waals surface area contributed by atoms with Gasteiger partial charge in [-0.15, -0.1) is 0 Å². The van der Waals surface area contributed by atoms with E-state index in [0.29, 0.717) is 19.4 Å². The maximum atomic E-state index is 12.5. The van der Waals surface area contributed by atoms with Crippen molar-refractivity contribution >= 4 is 11.9 Å². The first kappa shape index (κ1) is 73.1. The van der Waals surface area contributed by atoms with Crippen molar-refractivity contribution in [2.45, 2.75) is 379 Å². The topological polar surface area (TPSA) is 95.9 Å².